The number of hydrogen-bond donors (Lipinski definition) is 1. The highest BCUT2D eigenvalue weighted by Crippen LogP contribution is 2.37. The van der Waals surface area contributed by atoms with E-state index in [1.165, 1.54) is 6.07 Å². The Morgan fingerprint density at radius 3 is 2.63 bits per heavy atom. The molecule has 2 heterocycles. The Balaban J connectivity index is 1.18. The summed E-state index contributed by atoms with van der Waals surface area (Å²) in [5, 5.41) is 13.2. The van der Waals surface area contributed by atoms with E-state index in [1.54, 1.807) is 6.07 Å². The molecule has 2 aromatic carbocycles. The largest absolute Gasteiger partial charge is 0.492 e. The van der Waals surface area contributed by atoms with Gasteiger partial charge in [-0.05, 0) is 29.8 Å². The smallest absolute Gasteiger partial charge is 0.233 e. The molecule has 1 fully saturated rings. The Kier molecular flexibility index (Phi) is 10.5. The maximum absolute atomic E-state index is 9.38. The fourth-order valence-electron chi connectivity index (χ4n) is 3.60. The van der Waals surface area contributed by atoms with Crippen molar-refractivity contribution in [2.75, 3.05) is 57.9 Å². The van der Waals surface area contributed by atoms with Crippen molar-refractivity contribution >= 4 is 40.7 Å². The minimum absolute atomic E-state index is 0.0683. The quantitative estimate of drug-likeness (QED) is 0.192. The molecule has 198 valence electrons. The fourth-order valence-corrected chi connectivity index (χ4v) is 4.28. The number of nitrogens with zero attached hydrogens (tertiary/aromatic N) is 3. The number of morpholine rings is 1. The van der Waals surface area contributed by atoms with Crippen LogP contribution in [0.5, 0.6) is 5.75 Å². The van der Waals surface area contributed by atoms with Gasteiger partial charge >= 0.3 is 0 Å². The number of halogens is 3. The van der Waals surface area contributed by atoms with E-state index in [0.29, 0.717) is 23.8 Å². The van der Waals surface area contributed by atoms with E-state index in [9.17, 15) is 5.26 Å². The Hall–Kier alpha value is -2.95. The molecule has 1 saturated heterocycles. The van der Waals surface area contributed by atoms with Crippen LogP contribution in [0.2, 0.25) is 15.1 Å². The molecule has 1 N–H and O–H groups in total. The van der Waals surface area contributed by atoms with E-state index >= 15 is 0 Å². The van der Waals surface area contributed by atoms with E-state index < -0.39 is 0 Å². The monoisotopic (exact) mass is 574 g/mol. The molecule has 1 aliphatic rings. The lowest BCUT2D eigenvalue weighted by molar-refractivity contribution is 0.0322. The molecule has 0 spiro atoms. The van der Waals surface area contributed by atoms with Crippen LogP contribution < -0.4 is 10.1 Å². The summed E-state index contributed by atoms with van der Waals surface area (Å²) in [4.78, 5) is 6.50. The molecule has 1 aliphatic heterocycles. The molecule has 4 rings (SSSR count). The molecule has 0 radical (unpaired) electrons. The summed E-state index contributed by atoms with van der Waals surface area (Å²) in [5.41, 5.74) is 1.48. The van der Waals surface area contributed by atoms with Crippen molar-refractivity contribution in [2.45, 2.75) is 6.61 Å². The van der Waals surface area contributed by atoms with Gasteiger partial charge in [0.05, 0.1) is 42.0 Å². The fraction of sp³-hybridized carbons (Fsp3) is 0.333. The van der Waals surface area contributed by atoms with Crippen LogP contribution in [-0.2, 0) is 16.1 Å². The van der Waals surface area contributed by atoms with Crippen molar-refractivity contribution in [3.05, 3.63) is 62.7 Å². The molecule has 1 aromatic heterocycles. The molecule has 3 aromatic rings. The molecule has 38 heavy (non-hydrogen) atoms. The zero-order valence-electron chi connectivity index (χ0n) is 20.4. The molecule has 0 unspecified atom stereocenters. The first-order valence-corrected chi connectivity index (χ1v) is 13.0. The van der Waals surface area contributed by atoms with Crippen molar-refractivity contribution in [2.24, 2.45) is 0 Å². The van der Waals surface area contributed by atoms with Gasteiger partial charge in [-0.25, -0.2) is 0 Å². The number of hydrogen-bond acceptors (Lipinski definition) is 8. The SMILES string of the molecule is N#Cc1nc(-c2cc(Cl)cc(Cl)c2Cl)oc1NCC#CCOCc1ccc(OCCN2CCOCC2)cc1. The van der Waals surface area contributed by atoms with Crippen LogP contribution in [0.4, 0.5) is 5.88 Å². The van der Waals surface area contributed by atoms with Crippen LogP contribution in [-0.4, -0.2) is 62.5 Å². The van der Waals surface area contributed by atoms with Crippen molar-refractivity contribution in [3.8, 4) is 35.1 Å². The minimum Gasteiger partial charge on any atom is -0.492 e. The minimum atomic E-state index is 0.0683. The highest BCUT2D eigenvalue weighted by atomic mass is 35.5. The number of anilines is 1. The van der Waals surface area contributed by atoms with Crippen molar-refractivity contribution in [1.82, 2.24) is 9.88 Å². The first-order chi connectivity index (χ1) is 18.5. The number of nitrogens with one attached hydrogen (secondary N) is 1. The summed E-state index contributed by atoms with van der Waals surface area (Å²) in [6.45, 7) is 5.94. The van der Waals surface area contributed by atoms with Gasteiger partial charge in [0.1, 0.15) is 25.0 Å². The molecule has 0 bridgehead atoms. The average Bonchev–Trinajstić information content (AvgIpc) is 3.34. The second-order valence-corrected chi connectivity index (χ2v) is 9.43. The zero-order chi connectivity index (χ0) is 26.7. The summed E-state index contributed by atoms with van der Waals surface area (Å²) < 4.78 is 22.5. The predicted octanol–water partition coefficient (Wildman–Crippen LogP) is 5.52. The van der Waals surface area contributed by atoms with Crippen molar-refractivity contribution < 1.29 is 18.6 Å². The van der Waals surface area contributed by atoms with E-state index in [0.717, 1.165) is 44.2 Å². The van der Waals surface area contributed by atoms with Gasteiger partial charge in [0.15, 0.2) is 0 Å². The number of oxazole rings is 1. The lowest BCUT2D eigenvalue weighted by Crippen LogP contribution is -2.38. The van der Waals surface area contributed by atoms with Crippen LogP contribution in [0.1, 0.15) is 11.3 Å². The topological polar surface area (TPSA) is 92.8 Å². The Labute approximate surface area is 236 Å². The lowest BCUT2D eigenvalue weighted by Gasteiger charge is -2.26. The van der Waals surface area contributed by atoms with Crippen LogP contribution in [0.25, 0.3) is 11.5 Å². The molecular formula is C27H25Cl3N4O4. The van der Waals surface area contributed by atoms with E-state index in [-0.39, 0.29) is 40.7 Å². The number of nitriles is 1. The summed E-state index contributed by atoms with van der Waals surface area (Å²) >= 11 is 18.4. The maximum Gasteiger partial charge on any atom is 0.233 e. The highest BCUT2D eigenvalue weighted by Gasteiger charge is 2.18. The number of aromatic nitrogens is 1. The van der Waals surface area contributed by atoms with E-state index in [4.69, 9.17) is 53.4 Å². The molecular weight excluding hydrogens is 551 g/mol. The van der Waals surface area contributed by atoms with Gasteiger partial charge in [-0.3, -0.25) is 4.90 Å². The van der Waals surface area contributed by atoms with E-state index in [1.807, 2.05) is 30.3 Å². The van der Waals surface area contributed by atoms with Crippen molar-refractivity contribution in [3.63, 3.8) is 0 Å². The van der Waals surface area contributed by atoms with Gasteiger partial charge in [0, 0.05) is 24.7 Å². The first-order valence-electron chi connectivity index (χ1n) is 11.9. The van der Waals surface area contributed by atoms with Gasteiger partial charge in [-0.15, -0.1) is 0 Å². The van der Waals surface area contributed by atoms with Gasteiger partial charge in [-0.1, -0.05) is 58.8 Å². The molecule has 11 heteroatoms. The van der Waals surface area contributed by atoms with Crippen LogP contribution >= 0.6 is 34.8 Å². The van der Waals surface area contributed by atoms with Gasteiger partial charge in [0.2, 0.25) is 17.5 Å². The zero-order valence-corrected chi connectivity index (χ0v) is 22.7. The Morgan fingerprint density at radius 1 is 1.08 bits per heavy atom. The normalized spacial score (nSPS) is 13.4. The van der Waals surface area contributed by atoms with Gasteiger partial charge in [0.25, 0.3) is 0 Å². The Morgan fingerprint density at radius 2 is 1.87 bits per heavy atom. The second-order valence-electron chi connectivity index (χ2n) is 8.20. The van der Waals surface area contributed by atoms with Gasteiger partial charge < -0.3 is 23.9 Å². The summed E-state index contributed by atoms with van der Waals surface area (Å²) in [5.74, 6) is 6.99. The van der Waals surface area contributed by atoms with Crippen LogP contribution in [0, 0.1) is 23.2 Å². The molecule has 0 saturated carbocycles. The van der Waals surface area contributed by atoms with Crippen molar-refractivity contribution in [1.29, 1.82) is 5.26 Å². The molecule has 0 aliphatic carbocycles. The number of rotatable bonds is 10. The molecule has 0 atom stereocenters. The third-order valence-corrected chi connectivity index (χ3v) is 6.59. The first kappa shape index (κ1) is 28.1. The number of benzene rings is 2. The second kappa shape index (κ2) is 14.3. The summed E-state index contributed by atoms with van der Waals surface area (Å²) in [6, 6.07) is 12.9. The Bertz CT molecular complexity index is 1320. The maximum atomic E-state index is 9.38. The van der Waals surface area contributed by atoms with Crippen LogP contribution in [0.3, 0.4) is 0 Å². The number of ether oxygens (including phenoxy) is 3. The van der Waals surface area contributed by atoms with Crippen LogP contribution in [0.15, 0.2) is 40.8 Å². The molecule has 0 amide bonds. The average molecular weight is 576 g/mol. The summed E-state index contributed by atoms with van der Waals surface area (Å²) in [6.07, 6.45) is 0. The van der Waals surface area contributed by atoms with Gasteiger partial charge in [-0.2, -0.15) is 10.2 Å². The standard InChI is InChI=1S/C27H25Cl3N4O4/c28-20-15-22(25(30)23(29)16-20)26-33-24(17-31)27(38-26)32-7-1-2-11-36-18-19-3-5-21(6-4-19)37-14-10-34-8-12-35-13-9-34/h3-6,15-16,32H,7-14,18H2. The highest BCUT2D eigenvalue weighted by molar-refractivity contribution is 6.44. The van der Waals surface area contributed by atoms with E-state index in [2.05, 4.69) is 27.0 Å². The third-order valence-electron chi connectivity index (χ3n) is 5.57. The summed E-state index contributed by atoms with van der Waals surface area (Å²) in [7, 11) is 0. The predicted molar refractivity (Wildman–Crippen MR) is 147 cm³/mol. The lowest BCUT2D eigenvalue weighted by atomic mass is 10.2. The third kappa shape index (κ3) is 8.02. The molecule has 8 nitrogen and oxygen atoms in total.